The second-order valence-corrected chi connectivity index (χ2v) is 9.27. The van der Waals surface area contributed by atoms with Crippen molar-refractivity contribution < 1.29 is 40.9 Å². The number of hydrogen-bond donors (Lipinski definition) is 2. The van der Waals surface area contributed by atoms with Crippen LogP contribution in [-0.4, -0.2) is 52.9 Å². The van der Waals surface area contributed by atoms with Crippen molar-refractivity contribution in [2.45, 2.75) is 42.9 Å². The summed E-state index contributed by atoms with van der Waals surface area (Å²) in [4.78, 5) is 3.71. The molecule has 0 saturated carbocycles. The highest BCUT2D eigenvalue weighted by Crippen LogP contribution is 2.50. The first-order valence-electron chi connectivity index (χ1n) is 11.5. The molecule has 4 atom stereocenters. The minimum Gasteiger partial charge on any atom is -0.380 e. The predicted molar refractivity (Wildman–Crippen MR) is 126 cm³/mol. The van der Waals surface area contributed by atoms with Crippen molar-refractivity contribution in [2.75, 3.05) is 0 Å². The van der Waals surface area contributed by atoms with Gasteiger partial charge in [0.05, 0.1) is 12.5 Å². The number of hydrogen-bond acceptors (Lipinski definition) is 6. The predicted octanol–water partition coefficient (Wildman–Crippen LogP) is 4.35. The van der Waals surface area contributed by atoms with E-state index in [9.17, 15) is 27.8 Å². The van der Waals surface area contributed by atoms with Crippen molar-refractivity contribution in [1.29, 1.82) is 0 Å². The number of aliphatic hydroxyl groups excluding tert-OH is 1. The molecule has 4 rings (SSSR count). The Kier molecular flexibility index (Phi) is 7.57. The summed E-state index contributed by atoms with van der Waals surface area (Å²) in [6.45, 7) is -0.122. The highest BCUT2D eigenvalue weighted by atomic mass is 19.4. The standard InChI is InChI=1S/C26H20F7N5O2/c1-23(28)12-19(27)9-10-20(23)24(40,14-38-15-35-36-37-38)25(29,30)21-11-6-17(13-34-21)3-2-16-4-7-18(8-5-16)22(39)26(31,32)33/h4-13,15,20,22,39-40H,14H2,1H3. The number of allylic oxidation sites excluding steroid dienone is 3. The molecule has 0 aliphatic heterocycles. The van der Waals surface area contributed by atoms with E-state index in [1.165, 1.54) is 12.1 Å². The Morgan fingerprint density at radius 3 is 2.25 bits per heavy atom. The number of aliphatic hydroxyl groups is 2. The van der Waals surface area contributed by atoms with Gasteiger partial charge in [-0.3, -0.25) is 4.98 Å². The van der Waals surface area contributed by atoms with Crippen molar-refractivity contribution in [2.24, 2.45) is 5.92 Å². The zero-order valence-corrected chi connectivity index (χ0v) is 20.5. The van der Waals surface area contributed by atoms with Crippen molar-refractivity contribution in [3.8, 4) is 11.8 Å². The van der Waals surface area contributed by atoms with Crippen molar-refractivity contribution in [1.82, 2.24) is 25.2 Å². The first kappa shape index (κ1) is 28.9. The highest BCUT2D eigenvalue weighted by Gasteiger charge is 2.63. The van der Waals surface area contributed by atoms with E-state index < -0.39 is 53.5 Å². The lowest BCUT2D eigenvalue weighted by molar-refractivity contribution is -0.232. The number of aromatic nitrogens is 5. The molecule has 1 aliphatic rings. The van der Waals surface area contributed by atoms with Crippen LogP contribution < -0.4 is 0 Å². The fourth-order valence-corrected chi connectivity index (χ4v) is 4.26. The minimum absolute atomic E-state index is 0.140. The molecular weight excluding hydrogens is 547 g/mol. The molecule has 2 heterocycles. The Hall–Kier alpha value is -4.09. The van der Waals surface area contributed by atoms with Crippen LogP contribution in [0.25, 0.3) is 0 Å². The fraction of sp³-hybridized carbons (Fsp3) is 0.308. The van der Waals surface area contributed by atoms with Gasteiger partial charge in [0.1, 0.15) is 23.5 Å². The normalized spacial score (nSPS) is 21.6. The van der Waals surface area contributed by atoms with E-state index in [2.05, 4.69) is 32.4 Å². The average Bonchev–Trinajstić information content (AvgIpc) is 3.39. The molecule has 1 aromatic carbocycles. The molecule has 14 heteroatoms. The summed E-state index contributed by atoms with van der Waals surface area (Å²) >= 11 is 0. The Morgan fingerprint density at radius 2 is 1.70 bits per heavy atom. The largest absolute Gasteiger partial charge is 0.418 e. The van der Waals surface area contributed by atoms with Gasteiger partial charge in [-0.25, -0.2) is 13.5 Å². The molecule has 1 aliphatic carbocycles. The summed E-state index contributed by atoms with van der Waals surface area (Å²) in [5, 5.41) is 30.8. The molecule has 3 aromatic rings. The topological polar surface area (TPSA) is 97.0 Å². The Labute approximate surface area is 222 Å². The van der Waals surface area contributed by atoms with Crippen molar-refractivity contribution >= 4 is 0 Å². The molecule has 40 heavy (non-hydrogen) atoms. The van der Waals surface area contributed by atoms with Crippen LogP contribution in [0.5, 0.6) is 0 Å². The second-order valence-electron chi connectivity index (χ2n) is 9.27. The van der Waals surface area contributed by atoms with Gasteiger partial charge in [-0.15, -0.1) is 5.10 Å². The Bertz CT molecular complexity index is 1460. The molecule has 7 nitrogen and oxygen atoms in total. The molecule has 0 saturated heterocycles. The Balaban J connectivity index is 1.61. The minimum atomic E-state index is -4.83. The van der Waals surface area contributed by atoms with Crippen LogP contribution >= 0.6 is 0 Å². The lowest BCUT2D eigenvalue weighted by atomic mass is 9.70. The number of pyridine rings is 1. The molecule has 0 spiro atoms. The lowest BCUT2D eigenvalue weighted by Gasteiger charge is -2.44. The average molecular weight is 567 g/mol. The molecule has 0 amide bonds. The van der Waals surface area contributed by atoms with Gasteiger partial charge in [-0.1, -0.05) is 30.0 Å². The number of alkyl halides is 6. The summed E-state index contributed by atoms with van der Waals surface area (Å²) in [5.41, 5.74) is -6.85. The quantitative estimate of drug-likeness (QED) is 0.340. The van der Waals surface area contributed by atoms with E-state index in [-0.39, 0.29) is 16.7 Å². The molecule has 0 bridgehead atoms. The smallest absolute Gasteiger partial charge is 0.380 e. The SMILES string of the molecule is CC1(F)C=C(F)C=CC1C(O)(Cn1cnnn1)C(F)(F)c1ccc(C#Cc2ccc(C(O)C(F)(F)F)cc2)cn1. The Morgan fingerprint density at radius 1 is 1.05 bits per heavy atom. The van der Waals surface area contributed by atoms with Gasteiger partial charge in [-0.05, 0) is 59.3 Å². The van der Waals surface area contributed by atoms with Gasteiger partial charge in [0.25, 0.3) is 0 Å². The maximum absolute atomic E-state index is 15.9. The van der Waals surface area contributed by atoms with Crippen molar-refractivity contribution in [3.05, 3.63) is 95.4 Å². The molecule has 0 fully saturated rings. The zero-order valence-electron chi connectivity index (χ0n) is 20.5. The zero-order chi connectivity index (χ0) is 29.3. The van der Waals surface area contributed by atoms with Crippen LogP contribution in [0.2, 0.25) is 0 Å². The molecule has 2 N–H and O–H groups in total. The van der Waals surface area contributed by atoms with Gasteiger partial charge >= 0.3 is 12.1 Å². The van der Waals surface area contributed by atoms with Gasteiger partial charge in [0, 0.05) is 17.3 Å². The first-order valence-corrected chi connectivity index (χ1v) is 11.5. The molecule has 4 unspecified atom stereocenters. The first-order chi connectivity index (χ1) is 18.6. The molecule has 2 aromatic heterocycles. The van der Waals surface area contributed by atoms with Gasteiger partial charge in [-0.2, -0.15) is 22.0 Å². The van der Waals surface area contributed by atoms with E-state index in [0.717, 1.165) is 60.5 Å². The summed E-state index contributed by atoms with van der Waals surface area (Å²) in [6, 6.07) is 6.62. The number of nitrogens with zero attached hydrogens (tertiary/aromatic N) is 5. The van der Waals surface area contributed by atoms with E-state index in [0.29, 0.717) is 6.08 Å². The van der Waals surface area contributed by atoms with Gasteiger partial charge in [0.2, 0.25) is 0 Å². The van der Waals surface area contributed by atoms with Gasteiger partial charge in [0.15, 0.2) is 11.7 Å². The van der Waals surface area contributed by atoms with E-state index in [1.807, 2.05) is 0 Å². The molecule has 210 valence electrons. The summed E-state index contributed by atoms with van der Waals surface area (Å²) < 4.78 is 99.7. The van der Waals surface area contributed by atoms with Crippen LogP contribution in [0.15, 0.2) is 73.0 Å². The third kappa shape index (κ3) is 5.75. The number of tetrazole rings is 1. The second kappa shape index (κ2) is 10.5. The van der Waals surface area contributed by atoms with Gasteiger partial charge < -0.3 is 10.2 Å². The van der Waals surface area contributed by atoms with Crippen LogP contribution in [-0.2, 0) is 12.5 Å². The molecular formula is C26H20F7N5O2. The lowest BCUT2D eigenvalue weighted by Crippen LogP contribution is -2.59. The summed E-state index contributed by atoms with van der Waals surface area (Å²) in [5.74, 6) is -1.91. The van der Waals surface area contributed by atoms with E-state index in [4.69, 9.17) is 0 Å². The van der Waals surface area contributed by atoms with Crippen LogP contribution in [0.3, 0.4) is 0 Å². The van der Waals surface area contributed by atoms with Crippen molar-refractivity contribution in [3.63, 3.8) is 0 Å². The third-order valence-corrected chi connectivity index (χ3v) is 6.30. The third-order valence-electron chi connectivity index (χ3n) is 6.30. The van der Waals surface area contributed by atoms with E-state index in [1.54, 1.807) is 0 Å². The highest BCUT2D eigenvalue weighted by molar-refractivity contribution is 5.43. The van der Waals surface area contributed by atoms with Crippen LogP contribution in [0.4, 0.5) is 30.7 Å². The molecule has 0 radical (unpaired) electrons. The fourth-order valence-electron chi connectivity index (χ4n) is 4.26. The number of rotatable bonds is 6. The maximum Gasteiger partial charge on any atom is 0.418 e. The summed E-state index contributed by atoms with van der Waals surface area (Å²) in [6.07, 6.45) is -3.49. The number of halogens is 7. The van der Waals surface area contributed by atoms with E-state index >= 15 is 13.2 Å². The van der Waals surface area contributed by atoms with Crippen LogP contribution in [0.1, 0.15) is 35.4 Å². The monoisotopic (exact) mass is 567 g/mol. The number of benzene rings is 1. The summed E-state index contributed by atoms with van der Waals surface area (Å²) in [7, 11) is 0. The van der Waals surface area contributed by atoms with Crippen LogP contribution in [0, 0.1) is 17.8 Å². The maximum atomic E-state index is 15.9.